The lowest BCUT2D eigenvalue weighted by Gasteiger charge is -2.10. The minimum absolute atomic E-state index is 0. The summed E-state index contributed by atoms with van der Waals surface area (Å²) in [6, 6.07) is 1.79. The van der Waals surface area contributed by atoms with Crippen molar-refractivity contribution in [2.75, 3.05) is 11.9 Å². The normalized spacial score (nSPS) is 10.0. The van der Waals surface area contributed by atoms with Gasteiger partial charge in [0.1, 0.15) is 5.82 Å². The van der Waals surface area contributed by atoms with Gasteiger partial charge in [0.25, 0.3) is 0 Å². The van der Waals surface area contributed by atoms with Crippen molar-refractivity contribution >= 4 is 24.1 Å². The number of aromatic nitrogens is 2. The van der Waals surface area contributed by atoms with Crippen molar-refractivity contribution in [3.05, 3.63) is 12.3 Å². The molecule has 0 aromatic carbocycles. The standard InChI is InChI=1S/C10H18N4O.ClH/c1-8(2)7-14-9(4-6-12-14)13-10(15)3-5-11;/h4,6,8H,3,5,7,11H2,1-2H3,(H,13,15);1H. The summed E-state index contributed by atoms with van der Waals surface area (Å²) in [7, 11) is 0. The fourth-order valence-electron chi connectivity index (χ4n) is 1.27. The molecule has 0 fully saturated rings. The summed E-state index contributed by atoms with van der Waals surface area (Å²) in [4.78, 5) is 11.3. The SMILES string of the molecule is CC(C)Cn1nccc1NC(=O)CCN.Cl. The molecule has 0 bridgehead atoms. The molecule has 0 aliphatic carbocycles. The van der Waals surface area contributed by atoms with Gasteiger partial charge in [-0.3, -0.25) is 4.79 Å². The van der Waals surface area contributed by atoms with Gasteiger partial charge in [-0.05, 0) is 5.92 Å². The van der Waals surface area contributed by atoms with Gasteiger partial charge in [-0.2, -0.15) is 5.10 Å². The van der Waals surface area contributed by atoms with Crippen LogP contribution >= 0.6 is 12.4 Å². The Kier molecular flexibility index (Phi) is 6.76. The van der Waals surface area contributed by atoms with E-state index in [1.807, 2.05) is 0 Å². The Labute approximate surface area is 102 Å². The minimum Gasteiger partial charge on any atom is -0.330 e. The fourth-order valence-corrected chi connectivity index (χ4v) is 1.27. The monoisotopic (exact) mass is 246 g/mol. The van der Waals surface area contributed by atoms with Gasteiger partial charge >= 0.3 is 0 Å². The van der Waals surface area contributed by atoms with Crippen LogP contribution in [0.2, 0.25) is 0 Å². The number of nitrogens with one attached hydrogen (secondary N) is 1. The van der Waals surface area contributed by atoms with Crippen LogP contribution in [0.1, 0.15) is 20.3 Å². The molecule has 16 heavy (non-hydrogen) atoms. The maximum atomic E-state index is 11.3. The smallest absolute Gasteiger partial charge is 0.226 e. The molecule has 1 amide bonds. The van der Waals surface area contributed by atoms with Crippen LogP contribution in [-0.2, 0) is 11.3 Å². The molecule has 1 rings (SSSR count). The number of nitrogens with two attached hydrogens (primary N) is 1. The molecule has 0 radical (unpaired) electrons. The van der Waals surface area contributed by atoms with E-state index in [9.17, 15) is 4.79 Å². The first-order valence-electron chi connectivity index (χ1n) is 5.15. The Morgan fingerprint density at radius 1 is 1.62 bits per heavy atom. The third kappa shape index (κ3) is 4.63. The van der Waals surface area contributed by atoms with Gasteiger partial charge in [-0.1, -0.05) is 13.8 Å². The zero-order valence-corrected chi connectivity index (χ0v) is 10.5. The highest BCUT2D eigenvalue weighted by Crippen LogP contribution is 2.09. The number of carbonyl (C=O) groups excluding carboxylic acids is 1. The molecule has 5 nitrogen and oxygen atoms in total. The van der Waals surface area contributed by atoms with E-state index in [4.69, 9.17) is 5.73 Å². The summed E-state index contributed by atoms with van der Waals surface area (Å²) in [5.74, 6) is 1.17. The number of rotatable bonds is 5. The fraction of sp³-hybridized carbons (Fsp3) is 0.600. The van der Waals surface area contributed by atoms with Gasteiger partial charge in [0.2, 0.25) is 5.91 Å². The molecule has 6 heteroatoms. The summed E-state index contributed by atoms with van der Waals surface area (Å²) in [6.45, 7) is 5.37. The van der Waals surface area contributed by atoms with Crippen LogP contribution in [0.5, 0.6) is 0 Å². The lowest BCUT2D eigenvalue weighted by Crippen LogP contribution is -2.19. The second-order valence-electron chi connectivity index (χ2n) is 3.88. The summed E-state index contributed by atoms with van der Waals surface area (Å²) < 4.78 is 1.79. The second kappa shape index (κ2) is 7.24. The van der Waals surface area contributed by atoms with Crippen molar-refractivity contribution < 1.29 is 4.79 Å². The van der Waals surface area contributed by atoms with Crippen LogP contribution in [0.3, 0.4) is 0 Å². The largest absolute Gasteiger partial charge is 0.330 e. The molecular formula is C10H19ClN4O. The molecule has 0 atom stereocenters. The average Bonchev–Trinajstić information content (AvgIpc) is 2.52. The zero-order valence-electron chi connectivity index (χ0n) is 9.64. The topological polar surface area (TPSA) is 72.9 Å². The van der Waals surface area contributed by atoms with Crippen molar-refractivity contribution in [2.24, 2.45) is 11.7 Å². The van der Waals surface area contributed by atoms with Crippen molar-refractivity contribution in [3.8, 4) is 0 Å². The number of halogens is 1. The summed E-state index contributed by atoms with van der Waals surface area (Å²) in [5.41, 5.74) is 5.29. The van der Waals surface area contributed by atoms with E-state index in [-0.39, 0.29) is 18.3 Å². The Bertz CT molecular complexity index is 324. The lowest BCUT2D eigenvalue weighted by atomic mass is 10.2. The molecule has 1 aromatic rings. The Morgan fingerprint density at radius 2 is 2.31 bits per heavy atom. The summed E-state index contributed by atoms with van der Waals surface area (Å²) in [5, 5.41) is 6.92. The van der Waals surface area contributed by atoms with Gasteiger partial charge < -0.3 is 11.1 Å². The molecule has 0 spiro atoms. The third-order valence-corrected chi connectivity index (χ3v) is 1.89. The lowest BCUT2D eigenvalue weighted by molar-refractivity contribution is -0.116. The highest BCUT2D eigenvalue weighted by molar-refractivity contribution is 5.89. The minimum atomic E-state index is -0.0667. The van der Waals surface area contributed by atoms with Crippen LogP contribution in [0.4, 0.5) is 5.82 Å². The molecule has 92 valence electrons. The number of hydrogen-bond donors (Lipinski definition) is 2. The Hall–Kier alpha value is -1.07. The van der Waals surface area contributed by atoms with Crippen molar-refractivity contribution in [1.82, 2.24) is 9.78 Å². The maximum Gasteiger partial charge on any atom is 0.226 e. The van der Waals surface area contributed by atoms with Gasteiger partial charge in [-0.25, -0.2) is 4.68 Å². The molecule has 1 heterocycles. The summed E-state index contributed by atoms with van der Waals surface area (Å²) in [6.07, 6.45) is 2.02. The van der Waals surface area contributed by atoms with Crippen molar-refractivity contribution in [3.63, 3.8) is 0 Å². The second-order valence-corrected chi connectivity index (χ2v) is 3.88. The molecular weight excluding hydrogens is 228 g/mol. The highest BCUT2D eigenvalue weighted by Gasteiger charge is 2.07. The number of amides is 1. The summed E-state index contributed by atoms with van der Waals surface area (Å²) >= 11 is 0. The Morgan fingerprint density at radius 3 is 2.88 bits per heavy atom. The van der Waals surface area contributed by atoms with Crippen LogP contribution < -0.4 is 11.1 Å². The Balaban J connectivity index is 0.00000225. The van der Waals surface area contributed by atoms with Crippen LogP contribution in [0.15, 0.2) is 12.3 Å². The predicted octanol–water partition coefficient (Wildman–Crippen LogP) is 1.25. The van der Waals surface area contributed by atoms with E-state index < -0.39 is 0 Å². The van der Waals surface area contributed by atoms with E-state index in [2.05, 4.69) is 24.3 Å². The first kappa shape index (κ1) is 14.9. The quantitative estimate of drug-likeness (QED) is 0.821. The van der Waals surface area contributed by atoms with E-state index in [1.165, 1.54) is 0 Å². The van der Waals surface area contributed by atoms with Crippen LogP contribution in [0, 0.1) is 5.92 Å². The van der Waals surface area contributed by atoms with Gasteiger partial charge in [0.15, 0.2) is 0 Å². The van der Waals surface area contributed by atoms with Gasteiger partial charge in [-0.15, -0.1) is 12.4 Å². The first-order valence-corrected chi connectivity index (χ1v) is 5.15. The number of carbonyl (C=O) groups is 1. The number of anilines is 1. The number of nitrogens with zero attached hydrogens (tertiary/aromatic N) is 2. The van der Waals surface area contributed by atoms with Crippen molar-refractivity contribution in [2.45, 2.75) is 26.8 Å². The molecule has 1 aromatic heterocycles. The van der Waals surface area contributed by atoms with E-state index >= 15 is 0 Å². The maximum absolute atomic E-state index is 11.3. The molecule has 0 saturated carbocycles. The van der Waals surface area contributed by atoms with Crippen LogP contribution in [-0.4, -0.2) is 22.2 Å². The van der Waals surface area contributed by atoms with Gasteiger partial charge in [0.05, 0.1) is 6.20 Å². The molecule has 0 unspecified atom stereocenters. The predicted molar refractivity (Wildman–Crippen MR) is 66.6 cm³/mol. The van der Waals surface area contributed by atoms with E-state index in [1.54, 1.807) is 16.9 Å². The van der Waals surface area contributed by atoms with Crippen LogP contribution in [0.25, 0.3) is 0 Å². The van der Waals surface area contributed by atoms with Crippen molar-refractivity contribution in [1.29, 1.82) is 0 Å². The first-order chi connectivity index (χ1) is 7.13. The number of hydrogen-bond acceptors (Lipinski definition) is 3. The average molecular weight is 247 g/mol. The highest BCUT2D eigenvalue weighted by atomic mass is 35.5. The molecule has 0 aliphatic heterocycles. The zero-order chi connectivity index (χ0) is 11.3. The molecule has 0 aliphatic rings. The van der Waals surface area contributed by atoms with E-state index in [0.29, 0.717) is 18.9 Å². The van der Waals surface area contributed by atoms with Gasteiger partial charge in [0, 0.05) is 25.6 Å². The van der Waals surface area contributed by atoms with E-state index in [0.717, 1.165) is 12.4 Å². The molecule has 3 N–H and O–H groups in total. The third-order valence-electron chi connectivity index (χ3n) is 1.89. The molecule has 0 saturated heterocycles.